The summed E-state index contributed by atoms with van der Waals surface area (Å²) in [5.41, 5.74) is 1.59. The monoisotopic (exact) mass is 280 g/mol. The zero-order valence-corrected chi connectivity index (χ0v) is 11.7. The summed E-state index contributed by atoms with van der Waals surface area (Å²) in [6.45, 7) is 2.34. The van der Waals surface area contributed by atoms with Gasteiger partial charge in [-0.25, -0.2) is 4.79 Å². The standard InChI is InChI=1S/C14H20N2O4/c1-3-11(13(17)18)8-15-14(19)16-12-6-4-5-10(7-12)9-20-2/h4-7,11H,3,8-9H2,1-2H3,(H,17,18)(H2,15,16,19). The molecule has 0 spiro atoms. The summed E-state index contributed by atoms with van der Waals surface area (Å²) >= 11 is 0. The highest BCUT2D eigenvalue weighted by molar-refractivity contribution is 5.89. The number of hydrogen-bond donors (Lipinski definition) is 3. The van der Waals surface area contributed by atoms with E-state index < -0.39 is 17.9 Å². The third kappa shape index (κ3) is 5.27. The van der Waals surface area contributed by atoms with Gasteiger partial charge in [0.05, 0.1) is 12.5 Å². The second kappa shape index (κ2) is 8.16. The van der Waals surface area contributed by atoms with Crippen molar-refractivity contribution in [1.29, 1.82) is 0 Å². The topological polar surface area (TPSA) is 87.7 Å². The van der Waals surface area contributed by atoms with Crippen LogP contribution in [0.4, 0.5) is 10.5 Å². The number of carboxylic acid groups (broad SMARTS) is 1. The van der Waals surface area contributed by atoms with Gasteiger partial charge in [0, 0.05) is 19.3 Å². The lowest BCUT2D eigenvalue weighted by Crippen LogP contribution is -2.35. The number of carbonyl (C=O) groups is 2. The second-order valence-corrected chi connectivity index (χ2v) is 4.41. The molecule has 0 radical (unpaired) electrons. The second-order valence-electron chi connectivity index (χ2n) is 4.41. The van der Waals surface area contributed by atoms with Crippen molar-refractivity contribution in [3.63, 3.8) is 0 Å². The van der Waals surface area contributed by atoms with Gasteiger partial charge in [-0.2, -0.15) is 0 Å². The maximum Gasteiger partial charge on any atom is 0.319 e. The Morgan fingerprint density at radius 2 is 2.15 bits per heavy atom. The predicted octanol–water partition coefficient (Wildman–Crippen LogP) is 2.07. The average molecular weight is 280 g/mol. The first-order valence-electron chi connectivity index (χ1n) is 6.42. The smallest absolute Gasteiger partial charge is 0.319 e. The Morgan fingerprint density at radius 1 is 1.40 bits per heavy atom. The molecule has 0 bridgehead atoms. The number of urea groups is 1. The number of nitrogens with one attached hydrogen (secondary N) is 2. The van der Waals surface area contributed by atoms with Crippen LogP contribution in [0.5, 0.6) is 0 Å². The van der Waals surface area contributed by atoms with Crippen molar-refractivity contribution in [2.75, 3.05) is 19.0 Å². The zero-order valence-electron chi connectivity index (χ0n) is 11.7. The molecule has 0 heterocycles. The number of rotatable bonds is 7. The highest BCUT2D eigenvalue weighted by Crippen LogP contribution is 2.11. The minimum absolute atomic E-state index is 0.107. The molecule has 1 aromatic carbocycles. The quantitative estimate of drug-likeness (QED) is 0.713. The van der Waals surface area contributed by atoms with Gasteiger partial charge in [0.2, 0.25) is 0 Å². The first kappa shape index (κ1) is 16.0. The van der Waals surface area contributed by atoms with Gasteiger partial charge in [-0.1, -0.05) is 19.1 Å². The SMILES string of the molecule is CCC(CNC(=O)Nc1cccc(COC)c1)C(=O)O. The molecule has 1 unspecified atom stereocenters. The summed E-state index contributed by atoms with van der Waals surface area (Å²) in [6.07, 6.45) is 0.471. The van der Waals surface area contributed by atoms with Crippen LogP contribution in [0.15, 0.2) is 24.3 Å². The molecule has 2 amide bonds. The van der Waals surface area contributed by atoms with E-state index in [2.05, 4.69) is 10.6 Å². The van der Waals surface area contributed by atoms with Gasteiger partial charge in [0.1, 0.15) is 0 Å². The largest absolute Gasteiger partial charge is 0.481 e. The molecule has 0 aliphatic carbocycles. The number of anilines is 1. The van der Waals surface area contributed by atoms with E-state index in [0.717, 1.165) is 5.56 Å². The van der Waals surface area contributed by atoms with Crippen molar-refractivity contribution in [2.45, 2.75) is 20.0 Å². The first-order chi connectivity index (χ1) is 9.56. The van der Waals surface area contributed by atoms with E-state index in [9.17, 15) is 9.59 Å². The molecule has 1 rings (SSSR count). The molecule has 0 aliphatic heterocycles. The Hall–Kier alpha value is -2.08. The van der Waals surface area contributed by atoms with E-state index in [1.165, 1.54) is 0 Å². The lowest BCUT2D eigenvalue weighted by Gasteiger charge is -2.12. The number of carbonyl (C=O) groups excluding carboxylic acids is 1. The van der Waals surface area contributed by atoms with Crippen molar-refractivity contribution in [2.24, 2.45) is 5.92 Å². The van der Waals surface area contributed by atoms with Gasteiger partial charge in [-0.05, 0) is 24.1 Å². The van der Waals surface area contributed by atoms with Crippen LogP contribution in [-0.4, -0.2) is 30.8 Å². The van der Waals surface area contributed by atoms with E-state index in [1.54, 1.807) is 26.2 Å². The number of methoxy groups -OCH3 is 1. The molecule has 1 aromatic rings. The molecule has 0 aliphatic rings. The fourth-order valence-corrected chi connectivity index (χ4v) is 1.70. The Kier molecular flexibility index (Phi) is 6.52. The normalized spacial score (nSPS) is 11.7. The number of hydrogen-bond acceptors (Lipinski definition) is 3. The molecule has 1 atom stereocenters. The summed E-state index contributed by atoms with van der Waals surface area (Å²) in [5, 5.41) is 14.1. The number of amides is 2. The summed E-state index contributed by atoms with van der Waals surface area (Å²) in [5.74, 6) is -1.48. The predicted molar refractivity (Wildman–Crippen MR) is 75.6 cm³/mol. The molecule has 6 nitrogen and oxygen atoms in total. The molecule has 0 saturated carbocycles. The molecular formula is C14H20N2O4. The van der Waals surface area contributed by atoms with Crippen molar-refractivity contribution >= 4 is 17.7 Å². The first-order valence-corrected chi connectivity index (χ1v) is 6.42. The summed E-state index contributed by atoms with van der Waals surface area (Å²) < 4.78 is 5.01. The summed E-state index contributed by atoms with van der Waals surface area (Å²) in [6, 6.07) is 6.85. The molecule has 0 saturated heterocycles. The van der Waals surface area contributed by atoms with Crippen molar-refractivity contribution in [1.82, 2.24) is 5.32 Å². The molecule has 6 heteroatoms. The Bertz CT molecular complexity index is 462. The highest BCUT2D eigenvalue weighted by atomic mass is 16.5. The summed E-state index contributed by atoms with van der Waals surface area (Å²) in [4.78, 5) is 22.5. The van der Waals surface area contributed by atoms with E-state index in [1.807, 2.05) is 12.1 Å². The summed E-state index contributed by atoms with van der Waals surface area (Å²) in [7, 11) is 1.60. The van der Waals surface area contributed by atoms with Crippen molar-refractivity contribution in [3.8, 4) is 0 Å². The molecule has 3 N–H and O–H groups in total. The van der Waals surface area contributed by atoms with Gasteiger partial charge in [0.25, 0.3) is 0 Å². The average Bonchev–Trinajstić information content (AvgIpc) is 2.39. The van der Waals surface area contributed by atoms with E-state index in [-0.39, 0.29) is 6.54 Å². The van der Waals surface area contributed by atoms with Crippen LogP contribution in [0.3, 0.4) is 0 Å². The number of aliphatic carboxylic acids is 1. The van der Waals surface area contributed by atoms with Crippen LogP contribution in [0.25, 0.3) is 0 Å². The van der Waals surface area contributed by atoms with Crippen LogP contribution < -0.4 is 10.6 Å². The molecule has 0 aromatic heterocycles. The third-order valence-electron chi connectivity index (χ3n) is 2.85. The number of ether oxygens (including phenoxy) is 1. The molecule has 0 fully saturated rings. The number of benzene rings is 1. The van der Waals surface area contributed by atoms with Crippen LogP contribution in [0, 0.1) is 5.92 Å². The van der Waals surface area contributed by atoms with Crippen molar-refractivity contribution < 1.29 is 19.4 Å². The zero-order chi connectivity index (χ0) is 15.0. The third-order valence-corrected chi connectivity index (χ3v) is 2.85. The van der Waals surface area contributed by atoms with E-state index in [0.29, 0.717) is 18.7 Å². The Labute approximate surface area is 118 Å². The lowest BCUT2D eigenvalue weighted by molar-refractivity contribution is -0.141. The fourth-order valence-electron chi connectivity index (χ4n) is 1.70. The lowest BCUT2D eigenvalue weighted by atomic mass is 10.1. The van der Waals surface area contributed by atoms with Gasteiger partial charge in [-0.15, -0.1) is 0 Å². The van der Waals surface area contributed by atoms with Crippen LogP contribution in [0.2, 0.25) is 0 Å². The minimum Gasteiger partial charge on any atom is -0.481 e. The molecule has 20 heavy (non-hydrogen) atoms. The van der Waals surface area contributed by atoms with Gasteiger partial charge in [0.15, 0.2) is 0 Å². The number of carboxylic acids is 1. The maximum absolute atomic E-state index is 11.7. The fraction of sp³-hybridized carbons (Fsp3) is 0.429. The van der Waals surface area contributed by atoms with Gasteiger partial charge >= 0.3 is 12.0 Å². The minimum atomic E-state index is -0.908. The maximum atomic E-state index is 11.7. The molecular weight excluding hydrogens is 260 g/mol. The van der Waals surface area contributed by atoms with Crippen LogP contribution in [0.1, 0.15) is 18.9 Å². The van der Waals surface area contributed by atoms with Gasteiger partial charge in [-0.3, -0.25) is 4.79 Å². The Morgan fingerprint density at radius 3 is 2.75 bits per heavy atom. The van der Waals surface area contributed by atoms with E-state index in [4.69, 9.17) is 9.84 Å². The van der Waals surface area contributed by atoms with E-state index >= 15 is 0 Å². The van der Waals surface area contributed by atoms with Crippen molar-refractivity contribution in [3.05, 3.63) is 29.8 Å². The van der Waals surface area contributed by atoms with Gasteiger partial charge < -0.3 is 20.5 Å². The van der Waals surface area contributed by atoms with Crippen LogP contribution >= 0.6 is 0 Å². The molecule has 110 valence electrons. The highest BCUT2D eigenvalue weighted by Gasteiger charge is 2.15. The Balaban J connectivity index is 2.49. The van der Waals surface area contributed by atoms with Crippen LogP contribution in [-0.2, 0) is 16.1 Å².